The highest BCUT2D eigenvalue weighted by Crippen LogP contribution is 2.24. The van der Waals surface area contributed by atoms with Crippen LogP contribution in [-0.2, 0) is 11.3 Å². The lowest BCUT2D eigenvalue weighted by Gasteiger charge is -2.29. The molecule has 1 aliphatic heterocycles. The lowest BCUT2D eigenvalue weighted by Crippen LogP contribution is -2.40. The molecule has 2 unspecified atom stereocenters. The summed E-state index contributed by atoms with van der Waals surface area (Å²) in [4.78, 5) is 10.5. The van der Waals surface area contributed by atoms with Crippen LogP contribution < -0.4 is 10.1 Å². The molecule has 110 valence electrons. The minimum Gasteiger partial charge on any atom is -0.496 e. The Balaban J connectivity index is 2.04. The van der Waals surface area contributed by atoms with Crippen LogP contribution in [-0.4, -0.2) is 31.2 Å². The van der Waals surface area contributed by atoms with Gasteiger partial charge in [0, 0.05) is 12.6 Å². The Hall–Kier alpha value is -1.66. The summed E-state index contributed by atoms with van der Waals surface area (Å²) in [5, 5.41) is 14.2. The Morgan fingerprint density at radius 1 is 1.45 bits per heavy atom. The number of nitrogens with one attached hydrogen (secondary N) is 1. The molecule has 0 radical (unpaired) electrons. The van der Waals surface area contributed by atoms with Crippen molar-refractivity contribution in [3.63, 3.8) is 0 Å². The van der Waals surface area contributed by atoms with E-state index in [1.165, 1.54) is 19.2 Å². The van der Waals surface area contributed by atoms with Gasteiger partial charge in [0.05, 0.1) is 30.8 Å². The van der Waals surface area contributed by atoms with Crippen LogP contribution in [0.5, 0.6) is 5.75 Å². The van der Waals surface area contributed by atoms with Gasteiger partial charge in [-0.1, -0.05) is 6.92 Å². The van der Waals surface area contributed by atoms with Crippen molar-refractivity contribution in [2.75, 3.05) is 20.2 Å². The molecule has 1 aromatic carbocycles. The van der Waals surface area contributed by atoms with Crippen molar-refractivity contribution in [1.29, 1.82) is 0 Å². The van der Waals surface area contributed by atoms with Crippen LogP contribution in [0.15, 0.2) is 18.2 Å². The van der Waals surface area contributed by atoms with E-state index in [0.29, 0.717) is 18.3 Å². The normalized spacial score (nSPS) is 22.5. The molecule has 0 spiro atoms. The second-order valence-corrected chi connectivity index (χ2v) is 5.12. The summed E-state index contributed by atoms with van der Waals surface area (Å²) in [6.07, 6.45) is 1.23. The first-order chi connectivity index (χ1) is 9.60. The quantitative estimate of drug-likeness (QED) is 0.660. The lowest BCUT2D eigenvalue weighted by molar-refractivity contribution is -0.385. The number of rotatable bonds is 5. The molecule has 0 amide bonds. The third kappa shape index (κ3) is 3.68. The van der Waals surface area contributed by atoms with E-state index < -0.39 is 4.92 Å². The highest BCUT2D eigenvalue weighted by Gasteiger charge is 2.22. The van der Waals surface area contributed by atoms with E-state index in [-0.39, 0.29) is 11.8 Å². The average molecular weight is 280 g/mol. The van der Waals surface area contributed by atoms with Crippen molar-refractivity contribution in [3.8, 4) is 5.75 Å². The molecule has 1 saturated heterocycles. The second-order valence-electron chi connectivity index (χ2n) is 5.12. The predicted octanol–water partition coefficient (Wildman–Crippen LogP) is 2.12. The molecular weight excluding hydrogens is 260 g/mol. The number of ether oxygens (including phenoxy) is 2. The molecule has 6 nitrogen and oxygen atoms in total. The van der Waals surface area contributed by atoms with Crippen LogP contribution in [0.2, 0.25) is 0 Å². The van der Waals surface area contributed by atoms with Gasteiger partial charge in [0.15, 0.2) is 0 Å². The standard InChI is InChI=1S/C14H20N2O4/c1-10-3-4-15-8-14(10)20-9-11-5-12(16(17)18)7-13(6-11)19-2/h5-7,10,14-15H,3-4,8-9H2,1-2H3. The Kier molecular flexibility index (Phi) is 4.92. The Labute approximate surface area is 118 Å². The molecule has 2 rings (SSSR count). The maximum absolute atomic E-state index is 10.9. The van der Waals surface area contributed by atoms with Gasteiger partial charge in [0.2, 0.25) is 0 Å². The lowest BCUT2D eigenvalue weighted by atomic mass is 9.97. The highest BCUT2D eigenvalue weighted by atomic mass is 16.6. The minimum absolute atomic E-state index is 0.0257. The molecule has 0 bridgehead atoms. The van der Waals surface area contributed by atoms with Gasteiger partial charge in [-0.25, -0.2) is 0 Å². The zero-order valence-corrected chi connectivity index (χ0v) is 11.8. The number of piperidine rings is 1. The van der Waals surface area contributed by atoms with Crippen LogP contribution >= 0.6 is 0 Å². The van der Waals surface area contributed by atoms with Gasteiger partial charge >= 0.3 is 0 Å². The summed E-state index contributed by atoms with van der Waals surface area (Å²) in [5.74, 6) is 0.976. The number of benzene rings is 1. The fourth-order valence-corrected chi connectivity index (χ4v) is 2.34. The molecule has 1 fully saturated rings. The summed E-state index contributed by atoms with van der Waals surface area (Å²) < 4.78 is 11.0. The number of hydrogen-bond acceptors (Lipinski definition) is 5. The smallest absolute Gasteiger partial charge is 0.273 e. The minimum atomic E-state index is -0.420. The summed E-state index contributed by atoms with van der Waals surface area (Å²) in [5.41, 5.74) is 0.784. The largest absolute Gasteiger partial charge is 0.496 e. The average Bonchev–Trinajstić information content (AvgIpc) is 2.46. The third-order valence-corrected chi connectivity index (χ3v) is 3.62. The number of non-ortho nitro benzene ring substituents is 1. The second kappa shape index (κ2) is 6.67. The molecular formula is C14H20N2O4. The molecule has 1 heterocycles. The molecule has 20 heavy (non-hydrogen) atoms. The van der Waals surface area contributed by atoms with E-state index in [2.05, 4.69) is 12.2 Å². The fourth-order valence-electron chi connectivity index (χ4n) is 2.34. The van der Waals surface area contributed by atoms with Crippen LogP contribution in [0.4, 0.5) is 5.69 Å². The molecule has 1 aliphatic rings. The molecule has 1 aromatic rings. The molecule has 0 aliphatic carbocycles. The summed E-state index contributed by atoms with van der Waals surface area (Å²) in [7, 11) is 1.50. The van der Waals surface area contributed by atoms with Crippen molar-refractivity contribution in [1.82, 2.24) is 5.32 Å². The summed E-state index contributed by atoms with van der Waals surface area (Å²) in [6, 6.07) is 4.71. The van der Waals surface area contributed by atoms with Crippen LogP contribution in [0, 0.1) is 16.0 Å². The first-order valence-corrected chi connectivity index (χ1v) is 6.75. The van der Waals surface area contributed by atoms with E-state index in [4.69, 9.17) is 9.47 Å². The summed E-state index contributed by atoms with van der Waals surface area (Å²) in [6.45, 7) is 4.37. The van der Waals surface area contributed by atoms with E-state index >= 15 is 0 Å². The maximum atomic E-state index is 10.9. The Morgan fingerprint density at radius 2 is 2.25 bits per heavy atom. The molecule has 1 N–H and O–H groups in total. The Bertz CT molecular complexity index is 478. The number of nitro benzene ring substituents is 1. The number of nitrogens with zero attached hydrogens (tertiary/aromatic N) is 1. The van der Waals surface area contributed by atoms with E-state index in [0.717, 1.165) is 25.1 Å². The number of hydrogen-bond donors (Lipinski definition) is 1. The van der Waals surface area contributed by atoms with Gasteiger partial charge in [0.25, 0.3) is 5.69 Å². The summed E-state index contributed by atoms with van der Waals surface area (Å²) >= 11 is 0. The van der Waals surface area contributed by atoms with Crippen molar-refractivity contribution in [2.45, 2.75) is 26.1 Å². The SMILES string of the molecule is COc1cc(COC2CNCCC2C)cc([N+](=O)[O-])c1. The molecule has 6 heteroatoms. The third-order valence-electron chi connectivity index (χ3n) is 3.62. The van der Waals surface area contributed by atoms with E-state index in [1.54, 1.807) is 6.07 Å². The van der Waals surface area contributed by atoms with Crippen molar-refractivity contribution in [2.24, 2.45) is 5.92 Å². The predicted molar refractivity (Wildman–Crippen MR) is 74.9 cm³/mol. The number of nitro groups is 1. The zero-order valence-electron chi connectivity index (χ0n) is 11.8. The fraction of sp³-hybridized carbons (Fsp3) is 0.571. The molecule has 2 atom stereocenters. The van der Waals surface area contributed by atoms with Crippen molar-refractivity contribution < 1.29 is 14.4 Å². The van der Waals surface area contributed by atoms with Gasteiger partial charge < -0.3 is 14.8 Å². The number of methoxy groups -OCH3 is 1. The van der Waals surface area contributed by atoms with Crippen LogP contribution in [0.25, 0.3) is 0 Å². The first kappa shape index (κ1) is 14.7. The van der Waals surface area contributed by atoms with Gasteiger partial charge in [-0.3, -0.25) is 10.1 Å². The Morgan fingerprint density at radius 3 is 2.90 bits per heavy atom. The van der Waals surface area contributed by atoms with Crippen LogP contribution in [0.1, 0.15) is 18.9 Å². The molecule has 0 saturated carbocycles. The van der Waals surface area contributed by atoms with Crippen molar-refractivity contribution in [3.05, 3.63) is 33.9 Å². The van der Waals surface area contributed by atoms with Gasteiger partial charge in [0.1, 0.15) is 5.75 Å². The van der Waals surface area contributed by atoms with E-state index in [9.17, 15) is 10.1 Å². The van der Waals surface area contributed by atoms with Crippen molar-refractivity contribution >= 4 is 5.69 Å². The monoisotopic (exact) mass is 280 g/mol. The highest BCUT2D eigenvalue weighted by molar-refractivity contribution is 5.42. The van der Waals surface area contributed by atoms with Gasteiger partial charge in [-0.15, -0.1) is 0 Å². The van der Waals surface area contributed by atoms with Gasteiger partial charge in [-0.2, -0.15) is 0 Å². The van der Waals surface area contributed by atoms with Gasteiger partial charge in [-0.05, 0) is 30.5 Å². The van der Waals surface area contributed by atoms with E-state index in [1.807, 2.05) is 0 Å². The first-order valence-electron chi connectivity index (χ1n) is 6.75. The molecule has 0 aromatic heterocycles. The zero-order chi connectivity index (χ0) is 14.5. The van der Waals surface area contributed by atoms with Crippen LogP contribution in [0.3, 0.4) is 0 Å². The maximum Gasteiger partial charge on any atom is 0.273 e. The topological polar surface area (TPSA) is 73.6 Å².